The van der Waals surface area contributed by atoms with E-state index in [0.717, 1.165) is 12.1 Å². The maximum Gasteiger partial charge on any atom is 0.341 e. The highest BCUT2D eigenvalue weighted by molar-refractivity contribution is 7.91. The van der Waals surface area contributed by atoms with Gasteiger partial charge in [0.1, 0.15) is 0 Å². The summed E-state index contributed by atoms with van der Waals surface area (Å²) in [5.41, 5.74) is 0.923. The summed E-state index contributed by atoms with van der Waals surface area (Å²) in [5.74, 6) is -3.87. The van der Waals surface area contributed by atoms with Crippen LogP contribution in [0.2, 0.25) is 10.0 Å². The van der Waals surface area contributed by atoms with Crippen molar-refractivity contribution in [3.63, 3.8) is 0 Å². The SMILES string of the molecule is O=C(Cc1ccc(Cl)c(Cl)c1)Nc1ccc(S(=O)(=O)C(F)F)cc1. The van der Waals surface area contributed by atoms with Crippen LogP contribution in [0.4, 0.5) is 14.5 Å². The van der Waals surface area contributed by atoms with Crippen LogP contribution in [0.1, 0.15) is 5.56 Å². The van der Waals surface area contributed by atoms with Gasteiger partial charge in [0, 0.05) is 5.69 Å². The van der Waals surface area contributed by atoms with Crippen LogP contribution >= 0.6 is 23.2 Å². The first-order valence-corrected chi connectivity index (χ1v) is 8.86. The van der Waals surface area contributed by atoms with Gasteiger partial charge in [-0.2, -0.15) is 8.78 Å². The fraction of sp³-hybridized carbons (Fsp3) is 0.133. The molecule has 0 bridgehead atoms. The number of alkyl halides is 2. The van der Waals surface area contributed by atoms with E-state index >= 15 is 0 Å². The number of rotatable bonds is 5. The Bertz CT molecular complexity index is 856. The standard InChI is InChI=1S/C15H11Cl2F2NO3S/c16-12-6-1-9(7-13(12)17)8-14(21)20-10-2-4-11(5-3-10)24(22,23)15(18)19/h1-7,15H,8H2,(H,20,21). The van der Waals surface area contributed by atoms with Gasteiger partial charge < -0.3 is 5.32 Å². The molecule has 2 aromatic carbocycles. The van der Waals surface area contributed by atoms with E-state index in [-0.39, 0.29) is 18.0 Å². The number of halogens is 4. The molecule has 0 aliphatic heterocycles. The van der Waals surface area contributed by atoms with E-state index in [2.05, 4.69) is 5.32 Å². The average Bonchev–Trinajstić information content (AvgIpc) is 2.51. The van der Waals surface area contributed by atoms with Crippen molar-refractivity contribution in [1.29, 1.82) is 0 Å². The first kappa shape index (κ1) is 18.6. The lowest BCUT2D eigenvalue weighted by Gasteiger charge is -2.08. The molecule has 0 aromatic heterocycles. The van der Waals surface area contributed by atoms with Crippen LogP contribution in [-0.2, 0) is 21.1 Å². The number of anilines is 1. The van der Waals surface area contributed by atoms with E-state index in [1.54, 1.807) is 18.2 Å². The highest BCUT2D eigenvalue weighted by atomic mass is 35.5. The number of hydrogen-bond acceptors (Lipinski definition) is 3. The monoisotopic (exact) mass is 393 g/mol. The highest BCUT2D eigenvalue weighted by Gasteiger charge is 2.26. The van der Waals surface area contributed by atoms with Gasteiger partial charge >= 0.3 is 5.76 Å². The zero-order valence-corrected chi connectivity index (χ0v) is 14.3. The number of nitrogens with one attached hydrogen (secondary N) is 1. The van der Waals surface area contributed by atoms with Gasteiger partial charge in [-0.05, 0) is 42.0 Å². The van der Waals surface area contributed by atoms with E-state index in [4.69, 9.17) is 23.2 Å². The zero-order chi connectivity index (χ0) is 17.9. The molecule has 0 heterocycles. The summed E-state index contributed by atoms with van der Waals surface area (Å²) in [6, 6.07) is 9.26. The Morgan fingerprint density at radius 2 is 1.67 bits per heavy atom. The lowest BCUT2D eigenvalue weighted by Crippen LogP contribution is -2.15. The Balaban J connectivity index is 2.05. The summed E-state index contributed by atoms with van der Waals surface area (Å²) in [7, 11) is -4.65. The second-order valence-corrected chi connectivity index (χ2v) is 7.54. The fourth-order valence-corrected chi connectivity index (χ4v) is 2.91. The molecule has 0 fully saturated rings. The molecule has 2 aromatic rings. The molecule has 24 heavy (non-hydrogen) atoms. The van der Waals surface area contributed by atoms with Crippen LogP contribution in [0, 0.1) is 0 Å². The molecule has 0 aliphatic rings. The van der Waals surface area contributed by atoms with E-state index < -0.39 is 20.5 Å². The predicted octanol–water partition coefficient (Wildman–Crippen LogP) is 4.17. The van der Waals surface area contributed by atoms with E-state index in [1.165, 1.54) is 12.1 Å². The van der Waals surface area contributed by atoms with Crippen molar-refractivity contribution in [2.75, 3.05) is 5.32 Å². The van der Waals surface area contributed by atoms with Crippen molar-refractivity contribution in [2.24, 2.45) is 0 Å². The van der Waals surface area contributed by atoms with Crippen molar-refractivity contribution in [3.8, 4) is 0 Å². The van der Waals surface area contributed by atoms with Gasteiger partial charge in [0.05, 0.1) is 21.4 Å². The minimum atomic E-state index is -4.65. The lowest BCUT2D eigenvalue weighted by atomic mass is 10.1. The van der Waals surface area contributed by atoms with Crippen LogP contribution < -0.4 is 5.32 Å². The minimum absolute atomic E-state index is 0.0218. The molecule has 0 spiro atoms. The Kier molecular flexibility index (Phi) is 5.79. The van der Waals surface area contributed by atoms with Crippen LogP contribution in [0.25, 0.3) is 0 Å². The summed E-state index contributed by atoms with van der Waals surface area (Å²) < 4.78 is 47.5. The van der Waals surface area contributed by atoms with Gasteiger partial charge in [0.25, 0.3) is 0 Å². The molecule has 0 saturated carbocycles. The summed E-state index contributed by atoms with van der Waals surface area (Å²) >= 11 is 11.6. The summed E-state index contributed by atoms with van der Waals surface area (Å²) in [6.07, 6.45) is 0.0218. The van der Waals surface area contributed by atoms with Crippen molar-refractivity contribution >= 4 is 44.6 Å². The third kappa shape index (κ3) is 4.43. The number of sulfone groups is 1. The number of carbonyl (C=O) groups is 1. The molecule has 128 valence electrons. The second-order valence-electron chi connectivity index (χ2n) is 4.80. The van der Waals surface area contributed by atoms with Crippen LogP contribution in [0.15, 0.2) is 47.4 Å². The molecule has 9 heteroatoms. The Morgan fingerprint density at radius 1 is 1.04 bits per heavy atom. The molecule has 0 saturated heterocycles. The molecular weight excluding hydrogens is 383 g/mol. The van der Waals surface area contributed by atoms with Gasteiger partial charge in [0.2, 0.25) is 15.7 Å². The minimum Gasteiger partial charge on any atom is -0.326 e. The predicted molar refractivity (Wildman–Crippen MR) is 88.4 cm³/mol. The van der Waals surface area contributed by atoms with Crippen LogP contribution in [0.3, 0.4) is 0 Å². The fourth-order valence-electron chi connectivity index (χ4n) is 1.87. The molecule has 0 aliphatic carbocycles. The maximum atomic E-state index is 12.4. The van der Waals surface area contributed by atoms with Gasteiger partial charge in [-0.25, -0.2) is 8.42 Å². The molecular formula is C15H11Cl2F2NO3S. The van der Waals surface area contributed by atoms with E-state index in [0.29, 0.717) is 15.6 Å². The number of benzene rings is 2. The normalized spacial score (nSPS) is 11.5. The van der Waals surface area contributed by atoms with Crippen molar-refractivity contribution in [1.82, 2.24) is 0 Å². The summed E-state index contributed by atoms with van der Waals surface area (Å²) in [6.45, 7) is 0. The smallest absolute Gasteiger partial charge is 0.326 e. The number of carbonyl (C=O) groups excluding carboxylic acids is 1. The van der Waals surface area contributed by atoms with Crippen LogP contribution in [-0.4, -0.2) is 20.1 Å². The molecule has 2 rings (SSSR count). The first-order valence-electron chi connectivity index (χ1n) is 6.56. The Labute approximate surface area is 147 Å². The van der Waals surface area contributed by atoms with E-state index in [9.17, 15) is 22.0 Å². The molecule has 1 N–H and O–H groups in total. The second kappa shape index (κ2) is 7.46. The molecule has 1 amide bonds. The molecule has 0 radical (unpaired) electrons. The van der Waals surface area contributed by atoms with Crippen molar-refractivity contribution in [2.45, 2.75) is 17.1 Å². The number of hydrogen-bond donors (Lipinski definition) is 1. The van der Waals surface area contributed by atoms with Gasteiger partial charge in [-0.1, -0.05) is 29.3 Å². The molecule has 0 unspecified atom stereocenters. The largest absolute Gasteiger partial charge is 0.341 e. The maximum absolute atomic E-state index is 12.4. The Hall–Kier alpha value is -1.70. The van der Waals surface area contributed by atoms with E-state index in [1.807, 2.05) is 0 Å². The van der Waals surface area contributed by atoms with Gasteiger partial charge in [0.15, 0.2) is 0 Å². The molecule has 4 nitrogen and oxygen atoms in total. The summed E-state index contributed by atoms with van der Waals surface area (Å²) in [4.78, 5) is 11.4. The lowest BCUT2D eigenvalue weighted by molar-refractivity contribution is -0.115. The topological polar surface area (TPSA) is 63.2 Å². The third-order valence-corrected chi connectivity index (χ3v) is 5.19. The van der Waals surface area contributed by atoms with Crippen LogP contribution in [0.5, 0.6) is 0 Å². The zero-order valence-electron chi connectivity index (χ0n) is 12.0. The highest BCUT2D eigenvalue weighted by Crippen LogP contribution is 2.23. The summed E-state index contributed by atoms with van der Waals surface area (Å²) in [5, 5.41) is 3.23. The quantitative estimate of drug-likeness (QED) is 0.828. The van der Waals surface area contributed by atoms with Gasteiger partial charge in [-0.15, -0.1) is 0 Å². The number of amides is 1. The Morgan fingerprint density at radius 3 is 2.21 bits per heavy atom. The first-order chi connectivity index (χ1) is 11.2. The average molecular weight is 394 g/mol. The van der Waals surface area contributed by atoms with Crippen molar-refractivity contribution in [3.05, 3.63) is 58.1 Å². The van der Waals surface area contributed by atoms with Crippen molar-refractivity contribution < 1.29 is 22.0 Å². The van der Waals surface area contributed by atoms with Gasteiger partial charge in [-0.3, -0.25) is 4.79 Å². The third-order valence-electron chi connectivity index (χ3n) is 3.05. The molecule has 0 atom stereocenters.